The summed E-state index contributed by atoms with van der Waals surface area (Å²) in [5.74, 6) is 2.53. The quantitative estimate of drug-likeness (QED) is 0.358. The van der Waals surface area contributed by atoms with Crippen molar-refractivity contribution in [3.05, 3.63) is 24.3 Å². The maximum atomic E-state index is 6.13. The third kappa shape index (κ3) is 3.76. The number of hydrogen-bond donors (Lipinski definition) is 2. The topological polar surface area (TPSA) is 58.1 Å². The van der Waals surface area contributed by atoms with Crippen molar-refractivity contribution in [2.24, 2.45) is 16.3 Å². The molecular weight excluding hydrogens is 491 g/mol. The van der Waals surface area contributed by atoms with Gasteiger partial charge in [-0.2, -0.15) is 0 Å². The third-order valence-electron chi connectivity index (χ3n) is 7.75. The normalized spacial score (nSPS) is 31.8. The van der Waals surface area contributed by atoms with Crippen LogP contribution in [0.5, 0.6) is 5.75 Å². The van der Waals surface area contributed by atoms with Crippen molar-refractivity contribution in [1.82, 2.24) is 10.6 Å². The summed E-state index contributed by atoms with van der Waals surface area (Å²) in [5, 5.41) is 7.53. The summed E-state index contributed by atoms with van der Waals surface area (Å²) in [5.41, 5.74) is 1.58. The van der Waals surface area contributed by atoms with Gasteiger partial charge >= 0.3 is 0 Å². The predicted molar refractivity (Wildman–Crippen MR) is 131 cm³/mol. The van der Waals surface area contributed by atoms with E-state index in [2.05, 4.69) is 38.7 Å². The lowest BCUT2D eigenvalue weighted by atomic mass is 9.54. The van der Waals surface area contributed by atoms with Gasteiger partial charge in [0.2, 0.25) is 0 Å². The summed E-state index contributed by atoms with van der Waals surface area (Å²) in [4.78, 5) is 7.01. The number of ether oxygens (including phenoxy) is 2. The van der Waals surface area contributed by atoms with Gasteiger partial charge in [-0.05, 0) is 37.8 Å². The minimum Gasteiger partial charge on any atom is -0.497 e. The Labute approximate surface area is 197 Å². The van der Waals surface area contributed by atoms with Crippen molar-refractivity contribution in [1.29, 1.82) is 0 Å². The molecule has 2 N–H and O–H groups in total. The molecular formula is C23H35IN4O2. The number of halogens is 1. The maximum Gasteiger partial charge on any atom is 0.191 e. The lowest BCUT2D eigenvalue weighted by molar-refractivity contribution is -0.125. The predicted octanol–water partition coefficient (Wildman–Crippen LogP) is 3.40. The smallest absolute Gasteiger partial charge is 0.191 e. The van der Waals surface area contributed by atoms with Gasteiger partial charge in [-0.3, -0.25) is 4.99 Å². The van der Waals surface area contributed by atoms with E-state index in [-0.39, 0.29) is 24.0 Å². The number of nitrogens with one attached hydrogen (secondary N) is 2. The fraction of sp³-hybridized carbons (Fsp3) is 0.696. The van der Waals surface area contributed by atoms with Crippen molar-refractivity contribution in [3.63, 3.8) is 0 Å². The first-order valence-electron chi connectivity index (χ1n) is 11.2. The minimum absolute atomic E-state index is 0. The van der Waals surface area contributed by atoms with Gasteiger partial charge in [-0.25, -0.2) is 0 Å². The van der Waals surface area contributed by atoms with E-state index in [1.165, 1.54) is 37.8 Å². The lowest BCUT2D eigenvalue weighted by Crippen LogP contribution is -2.69. The highest BCUT2D eigenvalue weighted by Gasteiger charge is 2.65. The minimum atomic E-state index is 0. The molecule has 2 saturated carbocycles. The Balaban J connectivity index is 0.00000218. The Morgan fingerprint density at radius 1 is 1.23 bits per heavy atom. The van der Waals surface area contributed by atoms with Crippen molar-refractivity contribution < 1.29 is 9.47 Å². The van der Waals surface area contributed by atoms with E-state index < -0.39 is 0 Å². The van der Waals surface area contributed by atoms with E-state index in [1.807, 2.05) is 13.1 Å². The first-order chi connectivity index (χ1) is 14.2. The molecule has 4 unspecified atom stereocenters. The van der Waals surface area contributed by atoms with Crippen LogP contribution in [0.4, 0.5) is 5.69 Å². The zero-order valence-electron chi connectivity index (χ0n) is 18.1. The Morgan fingerprint density at radius 3 is 2.83 bits per heavy atom. The molecule has 0 radical (unpaired) electrons. The second kappa shape index (κ2) is 9.10. The van der Waals surface area contributed by atoms with Crippen molar-refractivity contribution in [3.8, 4) is 5.75 Å². The first-order valence-corrected chi connectivity index (χ1v) is 11.2. The van der Waals surface area contributed by atoms with Crippen molar-refractivity contribution >= 4 is 35.6 Å². The SMILES string of the molecule is CN=C(NC1CCN(c2cccc(OC)c2)C1)NC1C2CCOC2C12CCCC2.I. The summed E-state index contributed by atoms with van der Waals surface area (Å²) in [6.45, 7) is 2.96. The highest BCUT2D eigenvalue weighted by molar-refractivity contribution is 14.0. The van der Waals surface area contributed by atoms with Crippen LogP contribution >= 0.6 is 24.0 Å². The van der Waals surface area contributed by atoms with Gasteiger partial charge in [0.1, 0.15) is 5.75 Å². The van der Waals surface area contributed by atoms with E-state index >= 15 is 0 Å². The number of guanidine groups is 1. The molecule has 7 heteroatoms. The second-order valence-electron chi connectivity index (χ2n) is 9.16. The van der Waals surface area contributed by atoms with Gasteiger partial charge in [-0.15, -0.1) is 24.0 Å². The molecule has 6 nitrogen and oxygen atoms in total. The van der Waals surface area contributed by atoms with Crippen molar-refractivity contribution in [2.75, 3.05) is 38.8 Å². The average Bonchev–Trinajstić information content (AvgIpc) is 3.51. The monoisotopic (exact) mass is 526 g/mol. The van der Waals surface area contributed by atoms with Gasteiger partial charge in [0, 0.05) is 61.9 Å². The largest absolute Gasteiger partial charge is 0.497 e. The average molecular weight is 526 g/mol. The van der Waals surface area contributed by atoms with Crippen LogP contribution in [0.2, 0.25) is 0 Å². The van der Waals surface area contributed by atoms with E-state index in [1.54, 1.807) is 7.11 Å². The number of rotatable bonds is 4. The standard InChI is InChI=1S/C23H34N4O2.HI/c1-24-22(26-20-19-9-13-29-21(19)23(20)10-3-4-11-23)25-16-8-12-27(15-16)17-6-5-7-18(14-17)28-2;/h5-7,14,16,19-21H,3-4,8-13,15H2,1-2H3,(H2,24,25,26);1H. The van der Waals surface area contributed by atoms with Gasteiger partial charge in [0.05, 0.1) is 13.2 Å². The number of hydrogen-bond acceptors (Lipinski definition) is 4. The number of methoxy groups -OCH3 is 1. The Bertz CT molecular complexity index is 767. The number of fused-ring (bicyclic) bond motifs is 2. The molecule has 166 valence electrons. The number of anilines is 1. The Morgan fingerprint density at radius 2 is 2.07 bits per heavy atom. The van der Waals surface area contributed by atoms with E-state index in [9.17, 15) is 0 Å². The fourth-order valence-corrected chi connectivity index (χ4v) is 6.34. The van der Waals surface area contributed by atoms with Crippen LogP contribution in [-0.2, 0) is 4.74 Å². The van der Waals surface area contributed by atoms with Crippen LogP contribution in [-0.4, -0.2) is 58.0 Å². The van der Waals surface area contributed by atoms with Gasteiger partial charge in [0.25, 0.3) is 0 Å². The molecule has 1 spiro atoms. The fourth-order valence-electron chi connectivity index (χ4n) is 6.34. The summed E-state index contributed by atoms with van der Waals surface area (Å²) >= 11 is 0. The molecule has 5 rings (SSSR count). The van der Waals surface area contributed by atoms with Gasteiger partial charge in [-0.1, -0.05) is 18.9 Å². The van der Waals surface area contributed by atoms with Gasteiger partial charge in [0.15, 0.2) is 5.96 Å². The summed E-state index contributed by atoms with van der Waals surface area (Å²) in [6, 6.07) is 9.26. The molecule has 30 heavy (non-hydrogen) atoms. The highest BCUT2D eigenvalue weighted by Crippen LogP contribution is 2.60. The molecule has 0 amide bonds. The molecule has 2 heterocycles. The lowest BCUT2D eigenvalue weighted by Gasteiger charge is -2.57. The molecule has 2 aliphatic carbocycles. The molecule has 2 aliphatic heterocycles. The van der Waals surface area contributed by atoms with E-state index in [0.29, 0.717) is 29.5 Å². The van der Waals surface area contributed by atoms with Gasteiger partial charge < -0.3 is 25.0 Å². The second-order valence-corrected chi connectivity index (χ2v) is 9.16. The van der Waals surface area contributed by atoms with Crippen LogP contribution in [0.25, 0.3) is 0 Å². The maximum absolute atomic E-state index is 6.13. The van der Waals surface area contributed by atoms with Crippen molar-refractivity contribution in [2.45, 2.75) is 56.7 Å². The summed E-state index contributed by atoms with van der Waals surface area (Å²) < 4.78 is 11.5. The molecule has 4 aliphatic rings. The molecule has 4 fully saturated rings. The third-order valence-corrected chi connectivity index (χ3v) is 7.75. The molecule has 4 atom stereocenters. The Kier molecular flexibility index (Phi) is 6.67. The number of nitrogens with zero attached hydrogens (tertiary/aromatic N) is 2. The summed E-state index contributed by atoms with van der Waals surface area (Å²) in [6.07, 6.45) is 8.07. The van der Waals surface area contributed by atoms with Crippen LogP contribution in [0.3, 0.4) is 0 Å². The van der Waals surface area contributed by atoms with E-state index in [0.717, 1.165) is 37.8 Å². The Hall–Kier alpha value is -1.22. The number of benzene rings is 1. The molecule has 0 bridgehead atoms. The molecule has 1 aromatic carbocycles. The van der Waals surface area contributed by atoms with E-state index in [4.69, 9.17) is 9.47 Å². The van der Waals surface area contributed by atoms with Crippen LogP contribution in [0.15, 0.2) is 29.3 Å². The van der Waals surface area contributed by atoms with Crippen LogP contribution in [0.1, 0.15) is 38.5 Å². The summed E-state index contributed by atoms with van der Waals surface area (Å²) in [7, 11) is 3.62. The first kappa shape index (κ1) is 22.0. The molecule has 0 aromatic heterocycles. The molecule has 1 aromatic rings. The number of aliphatic imine (C=N–C) groups is 1. The zero-order chi connectivity index (χ0) is 19.8. The highest BCUT2D eigenvalue weighted by atomic mass is 127. The van der Waals surface area contributed by atoms with Crippen LogP contribution in [0, 0.1) is 11.3 Å². The van der Waals surface area contributed by atoms with Crippen LogP contribution < -0.4 is 20.3 Å². The zero-order valence-corrected chi connectivity index (χ0v) is 20.4. The molecule has 2 saturated heterocycles.